The topological polar surface area (TPSA) is 80.2 Å². The van der Waals surface area contributed by atoms with Crippen molar-refractivity contribution in [1.82, 2.24) is 19.9 Å². The molecule has 0 spiro atoms. The number of ether oxygens (including phenoxy) is 1. The average Bonchev–Trinajstić information content (AvgIpc) is 3.23. The van der Waals surface area contributed by atoms with Crippen LogP contribution in [0.1, 0.15) is 6.42 Å². The summed E-state index contributed by atoms with van der Waals surface area (Å²) >= 11 is 5.57. The van der Waals surface area contributed by atoms with Crippen LogP contribution in [0.4, 0.5) is 24.7 Å². The molecule has 3 aromatic rings. The summed E-state index contributed by atoms with van der Waals surface area (Å²) in [6, 6.07) is 3.52. The van der Waals surface area contributed by atoms with Gasteiger partial charge in [-0.25, -0.2) is 28.1 Å². The summed E-state index contributed by atoms with van der Waals surface area (Å²) in [6.45, 7) is 4.15. The van der Waals surface area contributed by atoms with E-state index in [0.717, 1.165) is 12.4 Å². The van der Waals surface area contributed by atoms with Gasteiger partial charge in [0.1, 0.15) is 17.9 Å². The highest BCUT2D eigenvalue weighted by Crippen LogP contribution is 2.30. The van der Waals surface area contributed by atoms with Gasteiger partial charge in [-0.05, 0) is 18.2 Å². The molecule has 0 radical (unpaired) electrons. The lowest BCUT2D eigenvalue weighted by Gasteiger charge is -2.16. The predicted octanol–water partition coefficient (Wildman–Crippen LogP) is 4.00. The second-order valence-corrected chi connectivity index (χ2v) is 7.14. The molecule has 31 heavy (non-hydrogen) atoms. The molecule has 1 N–H and O–H groups in total. The third-order valence-corrected chi connectivity index (χ3v) is 5.02. The van der Waals surface area contributed by atoms with Gasteiger partial charge >= 0.3 is 0 Å². The number of likely N-dealkylation sites (tertiary alicyclic amines) is 1. The van der Waals surface area contributed by atoms with Crippen LogP contribution >= 0.6 is 11.6 Å². The standard InChI is InChI=1S/C20H15ClF3N5O2/c1-2-15(30)29-6-5-10(8-29)31-20-12(22)7-14-18(28-20)19(26-9-25-14)27-13-4-3-11(21)16(23)17(13)24/h2-4,7,9-10H,1,5-6,8H2,(H,25,26,27)/t10-/m0/s1. The maximum atomic E-state index is 14.5. The number of aromatic nitrogens is 3. The van der Waals surface area contributed by atoms with E-state index < -0.39 is 23.6 Å². The molecular weight excluding hydrogens is 435 g/mol. The highest BCUT2D eigenvalue weighted by molar-refractivity contribution is 6.30. The molecule has 1 aromatic carbocycles. The molecule has 0 unspecified atom stereocenters. The van der Waals surface area contributed by atoms with E-state index >= 15 is 0 Å². The molecule has 3 heterocycles. The van der Waals surface area contributed by atoms with Crippen molar-refractivity contribution in [2.75, 3.05) is 18.4 Å². The van der Waals surface area contributed by atoms with E-state index in [1.54, 1.807) is 0 Å². The van der Waals surface area contributed by atoms with Gasteiger partial charge in [0.25, 0.3) is 5.88 Å². The zero-order valence-corrected chi connectivity index (χ0v) is 16.7. The quantitative estimate of drug-likeness (QED) is 0.468. The number of anilines is 2. The third kappa shape index (κ3) is 4.11. The Morgan fingerprint density at radius 2 is 2.10 bits per heavy atom. The van der Waals surface area contributed by atoms with Crippen LogP contribution in [0.25, 0.3) is 11.0 Å². The number of benzene rings is 1. The Hall–Kier alpha value is -3.40. The van der Waals surface area contributed by atoms with Crippen molar-refractivity contribution in [1.29, 1.82) is 0 Å². The van der Waals surface area contributed by atoms with Gasteiger partial charge < -0.3 is 15.0 Å². The van der Waals surface area contributed by atoms with Gasteiger partial charge in [-0.3, -0.25) is 4.79 Å². The fourth-order valence-corrected chi connectivity index (χ4v) is 3.33. The number of nitrogens with zero attached hydrogens (tertiary/aromatic N) is 4. The molecule has 1 atom stereocenters. The van der Waals surface area contributed by atoms with Gasteiger partial charge in [-0.2, -0.15) is 0 Å². The molecule has 1 aliphatic heterocycles. The lowest BCUT2D eigenvalue weighted by Crippen LogP contribution is -2.29. The smallest absolute Gasteiger partial charge is 0.251 e. The molecule has 7 nitrogen and oxygen atoms in total. The van der Waals surface area contributed by atoms with E-state index in [9.17, 15) is 18.0 Å². The number of nitrogens with one attached hydrogen (secondary N) is 1. The van der Waals surface area contributed by atoms with Crippen LogP contribution in [0.5, 0.6) is 5.88 Å². The Labute approximate surface area is 179 Å². The Kier molecular flexibility index (Phi) is 5.64. The molecule has 1 saturated heterocycles. The molecule has 0 aliphatic carbocycles. The molecule has 1 amide bonds. The van der Waals surface area contributed by atoms with E-state index in [-0.39, 0.29) is 45.9 Å². The predicted molar refractivity (Wildman–Crippen MR) is 108 cm³/mol. The van der Waals surface area contributed by atoms with Crippen molar-refractivity contribution in [3.8, 4) is 5.88 Å². The monoisotopic (exact) mass is 449 g/mol. The van der Waals surface area contributed by atoms with Crippen molar-refractivity contribution in [2.45, 2.75) is 12.5 Å². The van der Waals surface area contributed by atoms with E-state index in [0.29, 0.717) is 13.0 Å². The summed E-state index contributed by atoms with van der Waals surface area (Å²) < 4.78 is 48.1. The van der Waals surface area contributed by atoms with Crippen molar-refractivity contribution in [3.05, 3.63) is 59.7 Å². The lowest BCUT2D eigenvalue weighted by molar-refractivity contribution is -0.125. The highest BCUT2D eigenvalue weighted by atomic mass is 35.5. The normalized spacial score (nSPS) is 15.9. The average molecular weight is 450 g/mol. The Bertz CT molecular complexity index is 1190. The summed E-state index contributed by atoms with van der Waals surface area (Å²) in [4.78, 5) is 25.3. The fourth-order valence-electron chi connectivity index (χ4n) is 3.18. The van der Waals surface area contributed by atoms with Crippen molar-refractivity contribution in [2.24, 2.45) is 0 Å². The van der Waals surface area contributed by atoms with Crippen LogP contribution < -0.4 is 10.1 Å². The summed E-state index contributed by atoms with van der Waals surface area (Å²) in [7, 11) is 0. The number of hydrogen-bond acceptors (Lipinski definition) is 6. The molecule has 0 bridgehead atoms. The number of fused-ring (bicyclic) bond motifs is 1. The third-order valence-electron chi connectivity index (χ3n) is 4.73. The molecule has 4 rings (SSSR count). The van der Waals surface area contributed by atoms with Crippen LogP contribution in [0.3, 0.4) is 0 Å². The van der Waals surface area contributed by atoms with Crippen LogP contribution in [0.2, 0.25) is 5.02 Å². The van der Waals surface area contributed by atoms with E-state index in [4.69, 9.17) is 16.3 Å². The van der Waals surface area contributed by atoms with E-state index in [1.807, 2.05) is 0 Å². The molecule has 2 aromatic heterocycles. The zero-order chi connectivity index (χ0) is 22.1. The largest absolute Gasteiger partial charge is 0.470 e. The van der Waals surface area contributed by atoms with Crippen LogP contribution in [-0.4, -0.2) is 45.0 Å². The lowest BCUT2D eigenvalue weighted by atomic mass is 10.2. The number of hydrogen-bond donors (Lipinski definition) is 1. The van der Waals surface area contributed by atoms with Gasteiger partial charge in [-0.15, -0.1) is 0 Å². The first-order chi connectivity index (χ1) is 14.9. The van der Waals surface area contributed by atoms with Crippen LogP contribution in [0.15, 0.2) is 37.2 Å². The maximum Gasteiger partial charge on any atom is 0.251 e. The molecule has 1 fully saturated rings. The first-order valence-corrected chi connectivity index (χ1v) is 9.55. The molecule has 160 valence electrons. The van der Waals surface area contributed by atoms with Crippen LogP contribution in [-0.2, 0) is 4.79 Å². The first-order valence-electron chi connectivity index (χ1n) is 9.17. The first kappa shape index (κ1) is 20.9. The molecule has 11 heteroatoms. The Morgan fingerprint density at radius 3 is 2.87 bits per heavy atom. The highest BCUT2D eigenvalue weighted by Gasteiger charge is 2.28. The van der Waals surface area contributed by atoms with Crippen molar-refractivity contribution >= 4 is 40.0 Å². The summed E-state index contributed by atoms with van der Waals surface area (Å²) in [5.41, 5.74) is -0.0115. The minimum Gasteiger partial charge on any atom is -0.470 e. The Balaban J connectivity index is 1.64. The van der Waals surface area contributed by atoms with Crippen molar-refractivity contribution in [3.63, 3.8) is 0 Å². The summed E-state index contributed by atoms with van der Waals surface area (Å²) in [5.74, 6) is -3.70. The minimum atomic E-state index is -1.21. The fraction of sp³-hybridized carbons (Fsp3) is 0.200. The van der Waals surface area contributed by atoms with Crippen LogP contribution in [0, 0.1) is 17.5 Å². The van der Waals surface area contributed by atoms with Crippen molar-refractivity contribution < 1.29 is 22.7 Å². The van der Waals surface area contributed by atoms with E-state index in [1.165, 1.54) is 23.1 Å². The number of carbonyl (C=O) groups excluding carboxylic acids is 1. The molecule has 0 saturated carbocycles. The minimum absolute atomic E-state index is 0.0188. The summed E-state index contributed by atoms with van der Waals surface area (Å²) in [6.07, 6.45) is 2.36. The Morgan fingerprint density at radius 1 is 1.29 bits per heavy atom. The number of pyridine rings is 1. The SMILES string of the molecule is C=CC(=O)N1CC[C@H](Oc2nc3c(Nc4ccc(Cl)c(F)c4F)ncnc3cc2F)C1. The molecule has 1 aliphatic rings. The second-order valence-electron chi connectivity index (χ2n) is 6.73. The zero-order valence-electron chi connectivity index (χ0n) is 15.9. The maximum absolute atomic E-state index is 14.5. The van der Waals surface area contributed by atoms with Gasteiger partial charge in [0, 0.05) is 19.0 Å². The molecular formula is C20H15ClF3N5O2. The number of halogens is 4. The summed E-state index contributed by atoms with van der Waals surface area (Å²) in [5, 5.41) is 2.26. The van der Waals surface area contributed by atoms with Gasteiger partial charge in [0.15, 0.2) is 23.3 Å². The van der Waals surface area contributed by atoms with Gasteiger partial charge in [-0.1, -0.05) is 18.2 Å². The number of rotatable bonds is 5. The number of carbonyl (C=O) groups is 1. The second kappa shape index (κ2) is 8.38. The van der Waals surface area contributed by atoms with Gasteiger partial charge in [0.2, 0.25) is 5.91 Å². The van der Waals surface area contributed by atoms with E-state index in [2.05, 4.69) is 26.8 Å². The number of amides is 1. The van der Waals surface area contributed by atoms with Gasteiger partial charge in [0.05, 0.1) is 22.8 Å².